The number of nitrogens with one attached hydrogen (secondary N) is 2. The van der Waals surface area contributed by atoms with E-state index >= 15 is 0 Å². The highest BCUT2D eigenvalue weighted by molar-refractivity contribution is 6.04. The summed E-state index contributed by atoms with van der Waals surface area (Å²) in [6.45, 7) is 4.37. The van der Waals surface area contributed by atoms with Crippen LogP contribution in [0.25, 0.3) is 0 Å². The minimum Gasteiger partial charge on any atom is -0.352 e. The summed E-state index contributed by atoms with van der Waals surface area (Å²) < 4.78 is 0. The van der Waals surface area contributed by atoms with E-state index in [1.807, 2.05) is 62.4 Å². The SMILES string of the molecule is Cc1ccc(C(=O)Nc2cccc(CNC(=O)C3CCCCC3(C)N)c2)cc1. The lowest BCUT2D eigenvalue weighted by Crippen LogP contribution is -2.52. The Bertz CT molecular complexity index is 843. The van der Waals surface area contributed by atoms with Crippen LogP contribution in [0.4, 0.5) is 5.69 Å². The van der Waals surface area contributed by atoms with Crippen molar-refractivity contribution in [2.24, 2.45) is 11.7 Å². The van der Waals surface area contributed by atoms with Crippen molar-refractivity contribution in [2.45, 2.75) is 51.6 Å². The van der Waals surface area contributed by atoms with Gasteiger partial charge in [0.2, 0.25) is 5.91 Å². The van der Waals surface area contributed by atoms with Gasteiger partial charge in [-0.05, 0) is 56.5 Å². The van der Waals surface area contributed by atoms with Gasteiger partial charge in [-0.25, -0.2) is 0 Å². The molecule has 0 spiro atoms. The Hall–Kier alpha value is -2.66. The summed E-state index contributed by atoms with van der Waals surface area (Å²) in [4.78, 5) is 25.0. The highest BCUT2D eigenvalue weighted by Gasteiger charge is 2.37. The first kappa shape index (κ1) is 20.1. The molecule has 2 atom stereocenters. The average Bonchev–Trinajstić information content (AvgIpc) is 2.66. The maximum absolute atomic E-state index is 12.6. The number of nitrogens with two attached hydrogens (primary N) is 1. The van der Waals surface area contributed by atoms with Crippen LogP contribution in [0.3, 0.4) is 0 Å². The molecule has 148 valence electrons. The summed E-state index contributed by atoms with van der Waals surface area (Å²) in [7, 11) is 0. The standard InChI is InChI=1S/C23H29N3O2/c1-16-9-11-18(12-10-16)21(27)26-19-7-5-6-17(14-19)15-25-22(28)20-8-3-4-13-23(20,2)24/h5-7,9-12,14,20H,3-4,8,13,15,24H2,1-2H3,(H,25,28)(H,26,27). The first-order valence-electron chi connectivity index (χ1n) is 9.89. The van der Waals surface area contributed by atoms with Gasteiger partial charge < -0.3 is 16.4 Å². The summed E-state index contributed by atoms with van der Waals surface area (Å²) in [6, 6.07) is 15.0. The number of carbonyl (C=O) groups is 2. The molecule has 2 aromatic carbocycles. The molecule has 0 bridgehead atoms. The molecule has 3 rings (SSSR count). The third kappa shape index (κ3) is 4.98. The van der Waals surface area contributed by atoms with Crippen molar-refractivity contribution in [3.05, 3.63) is 65.2 Å². The Morgan fingerprint density at radius 2 is 1.89 bits per heavy atom. The lowest BCUT2D eigenvalue weighted by molar-refractivity contribution is -0.128. The maximum atomic E-state index is 12.6. The van der Waals surface area contributed by atoms with Gasteiger partial charge in [0.25, 0.3) is 5.91 Å². The zero-order chi connectivity index (χ0) is 20.1. The first-order chi connectivity index (χ1) is 13.3. The van der Waals surface area contributed by atoms with Crippen LogP contribution in [0.1, 0.15) is 54.1 Å². The van der Waals surface area contributed by atoms with Gasteiger partial charge in [-0.3, -0.25) is 9.59 Å². The van der Waals surface area contributed by atoms with Gasteiger partial charge in [0, 0.05) is 23.3 Å². The fourth-order valence-corrected chi connectivity index (χ4v) is 3.77. The Morgan fingerprint density at radius 3 is 2.61 bits per heavy atom. The van der Waals surface area contributed by atoms with Gasteiger partial charge in [-0.2, -0.15) is 0 Å². The van der Waals surface area contributed by atoms with Crippen LogP contribution >= 0.6 is 0 Å². The molecular weight excluding hydrogens is 350 g/mol. The molecule has 5 heteroatoms. The second-order valence-electron chi connectivity index (χ2n) is 8.04. The second kappa shape index (κ2) is 8.57. The van der Waals surface area contributed by atoms with Crippen molar-refractivity contribution < 1.29 is 9.59 Å². The van der Waals surface area contributed by atoms with Crippen molar-refractivity contribution in [1.82, 2.24) is 5.32 Å². The molecule has 0 saturated heterocycles. The number of rotatable bonds is 5. The smallest absolute Gasteiger partial charge is 0.255 e. The van der Waals surface area contributed by atoms with Crippen LogP contribution in [0, 0.1) is 12.8 Å². The molecule has 1 saturated carbocycles. The average molecular weight is 380 g/mol. The molecule has 28 heavy (non-hydrogen) atoms. The quantitative estimate of drug-likeness (QED) is 0.739. The van der Waals surface area contributed by atoms with Gasteiger partial charge in [0.1, 0.15) is 0 Å². The fourth-order valence-electron chi connectivity index (χ4n) is 3.77. The molecule has 0 heterocycles. The van der Waals surface area contributed by atoms with Gasteiger partial charge >= 0.3 is 0 Å². The molecule has 1 aliphatic carbocycles. The largest absolute Gasteiger partial charge is 0.352 e. The molecule has 5 nitrogen and oxygen atoms in total. The molecule has 0 radical (unpaired) electrons. The molecule has 2 amide bonds. The normalized spacial score (nSPS) is 21.8. The van der Waals surface area contributed by atoms with E-state index in [9.17, 15) is 9.59 Å². The summed E-state index contributed by atoms with van der Waals surface area (Å²) in [5.74, 6) is -0.285. The second-order valence-corrected chi connectivity index (χ2v) is 8.04. The van der Waals surface area contributed by atoms with Crippen LogP contribution in [-0.4, -0.2) is 17.4 Å². The molecule has 0 aliphatic heterocycles. The van der Waals surface area contributed by atoms with Crippen LogP contribution in [0.15, 0.2) is 48.5 Å². The number of benzene rings is 2. The molecule has 1 fully saturated rings. The van der Waals surface area contributed by atoms with E-state index < -0.39 is 5.54 Å². The highest BCUT2D eigenvalue weighted by atomic mass is 16.2. The summed E-state index contributed by atoms with van der Waals surface area (Å²) in [5.41, 5.74) is 9.26. The molecule has 2 aromatic rings. The molecular formula is C23H29N3O2. The van der Waals surface area contributed by atoms with Crippen LogP contribution in [-0.2, 0) is 11.3 Å². The summed E-state index contributed by atoms with van der Waals surface area (Å²) in [6.07, 6.45) is 3.85. The number of hydrogen-bond acceptors (Lipinski definition) is 3. The Kier molecular flexibility index (Phi) is 6.15. The minimum atomic E-state index is -0.438. The van der Waals surface area contributed by atoms with Crippen molar-refractivity contribution in [1.29, 1.82) is 0 Å². The molecule has 4 N–H and O–H groups in total. The Labute approximate surface area is 166 Å². The fraction of sp³-hybridized carbons (Fsp3) is 0.391. The maximum Gasteiger partial charge on any atom is 0.255 e. The van der Waals surface area contributed by atoms with Crippen LogP contribution in [0.2, 0.25) is 0 Å². The van der Waals surface area contributed by atoms with Crippen molar-refractivity contribution in [3.8, 4) is 0 Å². The number of aryl methyl sites for hydroxylation is 1. The number of amides is 2. The van der Waals surface area contributed by atoms with E-state index in [1.165, 1.54) is 0 Å². The monoisotopic (exact) mass is 379 g/mol. The number of hydrogen-bond donors (Lipinski definition) is 3. The zero-order valence-corrected chi connectivity index (χ0v) is 16.6. The topological polar surface area (TPSA) is 84.2 Å². The van der Waals surface area contributed by atoms with E-state index in [4.69, 9.17) is 5.73 Å². The summed E-state index contributed by atoms with van der Waals surface area (Å²) >= 11 is 0. The van der Waals surface area contributed by atoms with Gasteiger partial charge in [0.15, 0.2) is 0 Å². The molecule has 1 aliphatic rings. The predicted molar refractivity (Wildman–Crippen MR) is 112 cm³/mol. The summed E-state index contributed by atoms with van der Waals surface area (Å²) in [5, 5.41) is 5.92. The van der Waals surface area contributed by atoms with Crippen LogP contribution < -0.4 is 16.4 Å². The van der Waals surface area contributed by atoms with Crippen molar-refractivity contribution >= 4 is 17.5 Å². The zero-order valence-electron chi connectivity index (χ0n) is 16.6. The van der Waals surface area contributed by atoms with Crippen molar-refractivity contribution in [3.63, 3.8) is 0 Å². The molecule has 0 aromatic heterocycles. The van der Waals surface area contributed by atoms with Crippen LogP contribution in [0.5, 0.6) is 0 Å². The van der Waals surface area contributed by atoms with E-state index in [2.05, 4.69) is 10.6 Å². The minimum absolute atomic E-state index is 0.0128. The van der Waals surface area contributed by atoms with E-state index in [0.717, 1.165) is 36.8 Å². The third-order valence-electron chi connectivity index (χ3n) is 5.54. The lowest BCUT2D eigenvalue weighted by atomic mass is 9.74. The highest BCUT2D eigenvalue weighted by Crippen LogP contribution is 2.31. The van der Waals surface area contributed by atoms with E-state index in [-0.39, 0.29) is 17.7 Å². The van der Waals surface area contributed by atoms with Gasteiger partial charge in [-0.15, -0.1) is 0 Å². The predicted octanol–water partition coefficient (Wildman–Crippen LogP) is 3.77. The van der Waals surface area contributed by atoms with E-state index in [0.29, 0.717) is 17.8 Å². The van der Waals surface area contributed by atoms with E-state index in [1.54, 1.807) is 0 Å². The van der Waals surface area contributed by atoms with Gasteiger partial charge in [0.05, 0.1) is 5.92 Å². The number of anilines is 1. The van der Waals surface area contributed by atoms with Gasteiger partial charge in [-0.1, -0.05) is 42.7 Å². The molecule has 2 unspecified atom stereocenters. The first-order valence-corrected chi connectivity index (χ1v) is 9.89. The Morgan fingerprint density at radius 1 is 1.14 bits per heavy atom. The lowest BCUT2D eigenvalue weighted by Gasteiger charge is -2.37. The third-order valence-corrected chi connectivity index (χ3v) is 5.54. The Balaban J connectivity index is 1.59. The number of carbonyl (C=O) groups excluding carboxylic acids is 2. The van der Waals surface area contributed by atoms with Crippen molar-refractivity contribution in [2.75, 3.05) is 5.32 Å².